The zero-order chi connectivity index (χ0) is 19.3. The second kappa shape index (κ2) is 9.43. The van der Waals surface area contributed by atoms with Crippen molar-refractivity contribution in [2.75, 3.05) is 6.54 Å². The Morgan fingerprint density at radius 3 is 2.18 bits per heavy atom. The predicted octanol–water partition coefficient (Wildman–Crippen LogP) is 4.64. The van der Waals surface area contributed by atoms with Crippen molar-refractivity contribution in [1.82, 2.24) is 14.5 Å². The van der Waals surface area contributed by atoms with Crippen LogP contribution in [-0.4, -0.2) is 38.1 Å². The summed E-state index contributed by atoms with van der Waals surface area (Å²) in [4.78, 5) is 18.9. The van der Waals surface area contributed by atoms with Crippen LogP contribution < -0.4 is 0 Å². The van der Waals surface area contributed by atoms with Crippen LogP contribution in [0.3, 0.4) is 0 Å². The SMILES string of the molecule is O=C(O)[C@@H]1Cc2c(ncn2CCC2CCCCC2)CN1CCC1CCCCC1. The molecule has 28 heavy (non-hydrogen) atoms. The van der Waals surface area contributed by atoms with Crippen LogP contribution in [-0.2, 0) is 24.3 Å². The smallest absolute Gasteiger partial charge is 0.321 e. The minimum Gasteiger partial charge on any atom is -0.480 e. The van der Waals surface area contributed by atoms with E-state index in [-0.39, 0.29) is 6.04 Å². The molecule has 1 atom stereocenters. The number of nitrogens with zero attached hydrogens (tertiary/aromatic N) is 3. The van der Waals surface area contributed by atoms with E-state index >= 15 is 0 Å². The summed E-state index contributed by atoms with van der Waals surface area (Å²) >= 11 is 0. The Morgan fingerprint density at radius 2 is 1.57 bits per heavy atom. The monoisotopic (exact) mass is 387 g/mol. The van der Waals surface area contributed by atoms with Crippen LogP contribution in [0.25, 0.3) is 0 Å². The van der Waals surface area contributed by atoms with Crippen LogP contribution >= 0.6 is 0 Å². The molecule has 1 aromatic rings. The van der Waals surface area contributed by atoms with Gasteiger partial charge in [0.25, 0.3) is 0 Å². The molecule has 2 saturated carbocycles. The topological polar surface area (TPSA) is 58.4 Å². The standard InChI is InChI=1S/C23H37N3O2/c27-23(28)22-15-21-20(16-25(22)13-11-18-7-3-1-4-8-18)24-17-26(21)14-12-19-9-5-2-6-10-19/h17-19,22H,1-16H2,(H,27,28)/t22-/m0/s1. The highest BCUT2D eigenvalue weighted by Gasteiger charge is 2.34. The third kappa shape index (κ3) is 4.79. The Morgan fingerprint density at radius 1 is 0.964 bits per heavy atom. The van der Waals surface area contributed by atoms with Crippen LogP contribution in [0.2, 0.25) is 0 Å². The van der Waals surface area contributed by atoms with Crippen molar-refractivity contribution in [3.63, 3.8) is 0 Å². The van der Waals surface area contributed by atoms with E-state index in [2.05, 4.69) is 14.5 Å². The lowest BCUT2D eigenvalue weighted by atomic mass is 9.86. The highest BCUT2D eigenvalue weighted by molar-refractivity contribution is 5.74. The van der Waals surface area contributed by atoms with Crippen molar-refractivity contribution in [2.24, 2.45) is 11.8 Å². The molecule has 0 bridgehead atoms. The van der Waals surface area contributed by atoms with E-state index in [0.717, 1.165) is 37.0 Å². The molecule has 2 fully saturated rings. The molecule has 156 valence electrons. The van der Waals surface area contributed by atoms with Crippen molar-refractivity contribution in [1.29, 1.82) is 0 Å². The molecule has 0 spiro atoms. The van der Waals surface area contributed by atoms with Gasteiger partial charge in [-0.15, -0.1) is 0 Å². The van der Waals surface area contributed by atoms with Crippen LogP contribution in [0.5, 0.6) is 0 Å². The zero-order valence-electron chi connectivity index (χ0n) is 17.3. The van der Waals surface area contributed by atoms with Gasteiger partial charge in [0.1, 0.15) is 6.04 Å². The van der Waals surface area contributed by atoms with E-state index in [0.29, 0.717) is 13.0 Å². The maximum Gasteiger partial charge on any atom is 0.321 e. The van der Waals surface area contributed by atoms with E-state index in [1.807, 2.05) is 6.33 Å². The lowest BCUT2D eigenvalue weighted by molar-refractivity contribution is -0.144. The maximum atomic E-state index is 12.0. The van der Waals surface area contributed by atoms with E-state index in [1.54, 1.807) is 0 Å². The number of rotatable bonds is 7. The molecule has 1 N–H and O–H groups in total. The van der Waals surface area contributed by atoms with Gasteiger partial charge in [0, 0.05) is 25.2 Å². The Bertz CT molecular complexity index is 644. The first-order valence-electron chi connectivity index (χ1n) is 11.7. The molecular formula is C23H37N3O2. The van der Waals surface area contributed by atoms with Gasteiger partial charge in [-0.25, -0.2) is 4.98 Å². The average Bonchev–Trinajstić information content (AvgIpc) is 3.13. The highest BCUT2D eigenvalue weighted by atomic mass is 16.4. The van der Waals surface area contributed by atoms with Crippen molar-refractivity contribution < 1.29 is 9.90 Å². The zero-order valence-corrected chi connectivity index (χ0v) is 17.3. The average molecular weight is 388 g/mol. The number of fused-ring (bicyclic) bond motifs is 1. The fourth-order valence-electron chi connectivity index (χ4n) is 5.72. The third-order valence-corrected chi connectivity index (χ3v) is 7.55. The number of carboxylic acids is 1. The van der Waals surface area contributed by atoms with Gasteiger partial charge in [0.15, 0.2) is 0 Å². The number of hydrogen-bond donors (Lipinski definition) is 1. The lowest BCUT2D eigenvalue weighted by Crippen LogP contribution is -2.46. The first-order chi connectivity index (χ1) is 13.7. The molecular weight excluding hydrogens is 350 g/mol. The largest absolute Gasteiger partial charge is 0.480 e. The van der Waals surface area contributed by atoms with Gasteiger partial charge in [-0.2, -0.15) is 0 Å². The summed E-state index contributed by atoms with van der Waals surface area (Å²) < 4.78 is 2.26. The molecule has 2 heterocycles. The van der Waals surface area contributed by atoms with E-state index < -0.39 is 5.97 Å². The van der Waals surface area contributed by atoms with Gasteiger partial charge < -0.3 is 9.67 Å². The number of aliphatic carboxylic acids is 1. The number of imidazole rings is 1. The Balaban J connectivity index is 1.37. The fraction of sp³-hybridized carbons (Fsp3) is 0.826. The molecule has 1 aromatic heterocycles. The predicted molar refractivity (Wildman–Crippen MR) is 110 cm³/mol. The van der Waals surface area contributed by atoms with E-state index in [1.165, 1.54) is 76.3 Å². The van der Waals surface area contributed by atoms with Gasteiger partial charge >= 0.3 is 5.97 Å². The Hall–Kier alpha value is -1.36. The fourth-order valence-corrected chi connectivity index (χ4v) is 5.72. The van der Waals surface area contributed by atoms with Crippen LogP contribution in [0, 0.1) is 11.8 Å². The number of aromatic nitrogens is 2. The second-order valence-corrected chi connectivity index (χ2v) is 9.45. The van der Waals surface area contributed by atoms with Crippen LogP contribution in [0.4, 0.5) is 0 Å². The summed E-state index contributed by atoms with van der Waals surface area (Å²) in [5.41, 5.74) is 2.29. The summed E-state index contributed by atoms with van der Waals surface area (Å²) in [5.74, 6) is 0.963. The van der Waals surface area contributed by atoms with Crippen molar-refractivity contribution in [3.05, 3.63) is 17.7 Å². The second-order valence-electron chi connectivity index (χ2n) is 9.45. The molecule has 4 rings (SSSR count). The Labute approximate surface area is 169 Å². The van der Waals surface area contributed by atoms with Gasteiger partial charge in [-0.05, 0) is 31.2 Å². The van der Waals surface area contributed by atoms with E-state index in [4.69, 9.17) is 0 Å². The maximum absolute atomic E-state index is 12.0. The number of carbonyl (C=O) groups is 1. The van der Waals surface area contributed by atoms with Gasteiger partial charge in [-0.1, -0.05) is 64.2 Å². The lowest BCUT2D eigenvalue weighted by Gasteiger charge is -2.34. The first kappa shape index (κ1) is 19.9. The minimum atomic E-state index is -0.672. The molecule has 0 saturated heterocycles. The van der Waals surface area contributed by atoms with Crippen LogP contribution in [0.1, 0.15) is 88.4 Å². The number of aryl methyl sites for hydroxylation is 1. The molecule has 0 aromatic carbocycles. The summed E-state index contributed by atoms with van der Waals surface area (Å²) in [6.45, 7) is 2.60. The molecule has 0 radical (unpaired) electrons. The molecule has 0 amide bonds. The van der Waals surface area contributed by atoms with E-state index in [9.17, 15) is 9.90 Å². The molecule has 2 aliphatic carbocycles. The molecule has 5 nitrogen and oxygen atoms in total. The molecule has 3 aliphatic rings. The highest BCUT2D eigenvalue weighted by Crippen LogP contribution is 2.30. The van der Waals surface area contributed by atoms with Crippen molar-refractivity contribution >= 4 is 5.97 Å². The Kier molecular flexibility index (Phi) is 6.71. The summed E-state index contributed by atoms with van der Waals surface area (Å²) in [6.07, 6.45) is 18.5. The number of carboxylic acid groups (broad SMARTS) is 1. The van der Waals surface area contributed by atoms with Crippen molar-refractivity contribution in [2.45, 2.75) is 103 Å². The quantitative estimate of drug-likeness (QED) is 0.741. The normalized spacial score (nSPS) is 24.9. The molecule has 5 heteroatoms. The summed E-state index contributed by atoms with van der Waals surface area (Å²) in [7, 11) is 0. The molecule has 0 unspecified atom stereocenters. The van der Waals surface area contributed by atoms with Crippen LogP contribution in [0.15, 0.2) is 6.33 Å². The van der Waals surface area contributed by atoms with Crippen molar-refractivity contribution in [3.8, 4) is 0 Å². The first-order valence-corrected chi connectivity index (χ1v) is 11.7. The van der Waals surface area contributed by atoms with Gasteiger partial charge in [0.2, 0.25) is 0 Å². The van der Waals surface area contributed by atoms with Gasteiger partial charge in [-0.3, -0.25) is 9.69 Å². The summed E-state index contributed by atoms with van der Waals surface area (Å²) in [5, 5.41) is 9.86. The minimum absolute atomic E-state index is 0.388. The van der Waals surface area contributed by atoms with Gasteiger partial charge in [0.05, 0.1) is 12.0 Å². The third-order valence-electron chi connectivity index (χ3n) is 7.55. The number of hydrogen-bond acceptors (Lipinski definition) is 3. The summed E-state index contributed by atoms with van der Waals surface area (Å²) in [6, 6.07) is -0.388. The molecule has 1 aliphatic heterocycles.